The third-order valence-corrected chi connectivity index (χ3v) is 9.66. The van der Waals surface area contributed by atoms with Crippen molar-refractivity contribution in [3.05, 3.63) is 65.0 Å². The molecule has 0 bridgehead atoms. The van der Waals surface area contributed by atoms with Crippen molar-refractivity contribution < 1.29 is 50.2 Å². The number of anilines is 1. The van der Waals surface area contributed by atoms with Crippen LogP contribution in [0.4, 0.5) is 46.0 Å². The highest BCUT2D eigenvalue weighted by Gasteiger charge is 2.58. The van der Waals surface area contributed by atoms with Crippen LogP contribution in [0.2, 0.25) is 0 Å². The minimum absolute atomic E-state index is 0.0104. The first kappa shape index (κ1) is 36.8. The predicted molar refractivity (Wildman–Crippen MR) is 163 cm³/mol. The number of rotatable bonds is 4. The van der Waals surface area contributed by atoms with Gasteiger partial charge in [0, 0.05) is 51.4 Å². The van der Waals surface area contributed by atoms with Gasteiger partial charge in [0.05, 0.1) is 11.1 Å². The van der Waals surface area contributed by atoms with Crippen molar-refractivity contribution >= 4 is 23.7 Å². The lowest BCUT2D eigenvalue weighted by molar-refractivity contribution is -0.156. The summed E-state index contributed by atoms with van der Waals surface area (Å²) in [6.45, 7) is 5.65. The highest BCUT2D eigenvalue weighted by molar-refractivity contribution is 5.92. The zero-order valence-corrected chi connectivity index (χ0v) is 27.3. The Morgan fingerprint density at radius 1 is 0.875 bits per heavy atom. The second-order valence-electron chi connectivity index (χ2n) is 13.5. The molecule has 1 N–H and O–H groups in total. The fourth-order valence-electron chi connectivity index (χ4n) is 7.07. The topological polar surface area (TPSA) is 84.4 Å². The highest BCUT2D eigenvalue weighted by Crippen LogP contribution is 2.46. The lowest BCUT2D eigenvalue weighted by Crippen LogP contribution is -2.70. The average molecular weight is 689 g/mol. The van der Waals surface area contributed by atoms with Crippen molar-refractivity contribution in [1.82, 2.24) is 14.7 Å². The number of amides is 4. The number of likely N-dealkylation sites (N-methyl/N-ethyl adjacent to an activating group) is 1. The van der Waals surface area contributed by atoms with Gasteiger partial charge in [0.1, 0.15) is 11.4 Å². The van der Waals surface area contributed by atoms with E-state index in [9.17, 15) is 50.2 Å². The van der Waals surface area contributed by atoms with E-state index in [1.165, 1.54) is 41.1 Å². The SMILES string of the molecule is CN(C(=O)N(C)[C@@H]1CCN(C(=O)[C@]2(C(C)(C)C)CCCCN2C(=O)O)C[C@H]1c1ccc(F)cc1)c1cc(C(F)(F)F)cc(C(F)(F)F)c1. The van der Waals surface area contributed by atoms with E-state index in [0.717, 1.165) is 7.05 Å². The Kier molecular flexibility index (Phi) is 10.0. The zero-order valence-electron chi connectivity index (χ0n) is 27.3. The van der Waals surface area contributed by atoms with Crippen molar-refractivity contribution in [3.63, 3.8) is 0 Å². The summed E-state index contributed by atoms with van der Waals surface area (Å²) >= 11 is 0. The minimum atomic E-state index is -5.11. The van der Waals surface area contributed by atoms with Crippen LogP contribution < -0.4 is 4.90 Å². The second kappa shape index (κ2) is 13.1. The number of hydrogen-bond acceptors (Lipinski definition) is 3. The van der Waals surface area contributed by atoms with E-state index in [4.69, 9.17) is 0 Å². The Bertz CT molecular complexity index is 1490. The summed E-state index contributed by atoms with van der Waals surface area (Å²) in [5, 5.41) is 10.1. The number of nitrogens with zero attached hydrogens (tertiary/aromatic N) is 4. The molecule has 15 heteroatoms. The number of piperidine rings is 2. The lowest BCUT2D eigenvalue weighted by Gasteiger charge is -2.55. The molecule has 264 valence electrons. The van der Waals surface area contributed by atoms with Crippen LogP contribution in [0.25, 0.3) is 0 Å². The van der Waals surface area contributed by atoms with Gasteiger partial charge in [-0.15, -0.1) is 0 Å². The van der Waals surface area contributed by atoms with Crippen LogP contribution in [0.3, 0.4) is 0 Å². The molecule has 2 aliphatic rings. The summed E-state index contributed by atoms with van der Waals surface area (Å²) in [5.41, 5.74) is -5.44. The van der Waals surface area contributed by atoms with E-state index in [1.54, 1.807) is 25.7 Å². The van der Waals surface area contributed by atoms with Crippen molar-refractivity contribution in [2.45, 2.75) is 76.3 Å². The van der Waals surface area contributed by atoms with E-state index in [0.29, 0.717) is 41.9 Å². The molecular weight excluding hydrogens is 649 g/mol. The van der Waals surface area contributed by atoms with Crippen molar-refractivity contribution in [3.8, 4) is 0 Å². The third kappa shape index (κ3) is 7.05. The van der Waals surface area contributed by atoms with Crippen LogP contribution in [0.5, 0.6) is 0 Å². The van der Waals surface area contributed by atoms with Crippen LogP contribution >= 0.6 is 0 Å². The van der Waals surface area contributed by atoms with Gasteiger partial charge in [0.2, 0.25) is 5.91 Å². The fourth-order valence-corrected chi connectivity index (χ4v) is 7.07. The zero-order chi connectivity index (χ0) is 36.0. The Hall–Kier alpha value is -4.04. The standard InChI is InChI=1S/C33H39F7N4O4/c1-30(2,3)31(13-6-7-14-44(31)29(47)48)27(45)43-15-12-26(25(19-43)20-8-10-23(34)11-9-20)42(5)28(46)41(4)24-17-21(32(35,36)37)16-22(18-24)33(38,39)40/h8-11,16-18,25-26H,6-7,12-15,19H2,1-5H3,(H,47,48)/t25-,26+,31-/m0/s1. The quantitative estimate of drug-likeness (QED) is 0.334. The van der Waals surface area contributed by atoms with E-state index < -0.39 is 75.9 Å². The first-order valence-electron chi connectivity index (χ1n) is 15.4. The summed E-state index contributed by atoms with van der Waals surface area (Å²) in [4.78, 5) is 45.3. The van der Waals surface area contributed by atoms with E-state index in [-0.39, 0.29) is 32.1 Å². The van der Waals surface area contributed by atoms with Gasteiger partial charge in [-0.05, 0) is 67.0 Å². The van der Waals surface area contributed by atoms with E-state index in [1.807, 2.05) is 0 Å². The molecule has 0 saturated carbocycles. The van der Waals surface area contributed by atoms with Crippen molar-refractivity contribution in [2.24, 2.45) is 5.41 Å². The molecule has 2 aliphatic heterocycles. The molecule has 3 atom stereocenters. The minimum Gasteiger partial charge on any atom is -0.465 e. The van der Waals surface area contributed by atoms with Crippen molar-refractivity contribution in [2.75, 3.05) is 38.6 Å². The van der Waals surface area contributed by atoms with Crippen LogP contribution in [-0.4, -0.2) is 83.1 Å². The predicted octanol–water partition coefficient (Wildman–Crippen LogP) is 7.68. The van der Waals surface area contributed by atoms with Gasteiger partial charge in [0.15, 0.2) is 0 Å². The molecule has 2 aromatic carbocycles. The van der Waals surface area contributed by atoms with Gasteiger partial charge < -0.3 is 14.9 Å². The van der Waals surface area contributed by atoms with Gasteiger partial charge in [-0.1, -0.05) is 32.9 Å². The molecule has 2 fully saturated rings. The molecule has 0 aromatic heterocycles. The number of halogens is 7. The number of carbonyl (C=O) groups excluding carboxylic acids is 2. The molecule has 0 unspecified atom stereocenters. The molecule has 2 aromatic rings. The number of benzene rings is 2. The first-order chi connectivity index (χ1) is 22.1. The smallest absolute Gasteiger partial charge is 0.416 e. The van der Waals surface area contributed by atoms with Crippen LogP contribution in [0, 0.1) is 11.2 Å². The number of carboxylic acid groups (broad SMARTS) is 1. The van der Waals surface area contributed by atoms with Crippen LogP contribution in [0.15, 0.2) is 42.5 Å². The maximum Gasteiger partial charge on any atom is 0.416 e. The summed E-state index contributed by atoms with van der Waals surface area (Å²) in [5.74, 6) is -1.62. The van der Waals surface area contributed by atoms with Crippen LogP contribution in [0.1, 0.15) is 69.1 Å². The molecular formula is C33H39F7N4O4. The third-order valence-electron chi connectivity index (χ3n) is 9.66. The maximum absolute atomic E-state index is 14.5. The molecule has 2 heterocycles. The van der Waals surface area contributed by atoms with Gasteiger partial charge in [-0.25, -0.2) is 14.0 Å². The van der Waals surface area contributed by atoms with Crippen LogP contribution in [-0.2, 0) is 17.1 Å². The lowest BCUT2D eigenvalue weighted by atomic mass is 9.66. The molecule has 0 radical (unpaired) electrons. The second-order valence-corrected chi connectivity index (χ2v) is 13.5. The number of carbonyl (C=O) groups is 3. The van der Waals surface area contributed by atoms with E-state index >= 15 is 0 Å². The highest BCUT2D eigenvalue weighted by atomic mass is 19.4. The van der Waals surface area contributed by atoms with Gasteiger partial charge >= 0.3 is 24.5 Å². The number of hydrogen-bond donors (Lipinski definition) is 1. The Labute approximate surface area is 274 Å². The van der Waals surface area contributed by atoms with Gasteiger partial charge in [-0.2, -0.15) is 26.3 Å². The number of urea groups is 1. The molecule has 2 saturated heterocycles. The first-order valence-corrected chi connectivity index (χ1v) is 15.4. The van der Waals surface area contributed by atoms with Gasteiger partial charge in [0.25, 0.3) is 0 Å². The number of alkyl halides is 6. The Morgan fingerprint density at radius 2 is 1.44 bits per heavy atom. The molecule has 4 rings (SSSR count). The molecule has 8 nitrogen and oxygen atoms in total. The summed E-state index contributed by atoms with van der Waals surface area (Å²) < 4.78 is 95.2. The maximum atomic E-state index is 14.5. The Balaban J connectivity index is 1.70. The largest absolute Gasteiger partial charge is 0.465 e. The summed E-state index contributed by atoms with van der Waals surface area (Å²) in [7, 11) is 2.43. The van der Waals surface area contributed by atoms with Crippen molar-refractivity contribution in [1.29, 1.82) is 0 Å². The Morgan fingerprint density at radius 3 is 1.94 bits per heavy atom. The van der Waals surface area contributed by atoms with Gasteiger partial charge in [-0.3, -0.25) is 14.6 Å². The summed E-state index contributed by atoms with van der Waals surface area (Å²) in [6, 6.07) is 4.63. The average Bonchev–Trinajstić information content (AvgIpc) is 3.01. The van der Waals surface area contributed by atoms with E-state index in [2.05, 4.69) is 0 Å². The normalized spacial score (nSPS) is 22.3. The molecule has 0 spiro atoms. The monoisotopic (exact) mass is 688 g/mol. The fraction of sp³-hybridized carbons (Fsp3) is 0.545. The molecule has 48 heavy (non-hydrogen) atoms. The molecule has 4 amide bonds. The summed E-state index contributed by atoms with van der Waals surface area (Å²) in [6.07, 6.45) is -9.81. The molecule has 0 aliphatic carbocycles. The number of likely N-dealkylation sites (tertiary alicyclic amines) is 2.